The van der Waals surface area contributed by atoms with Crippen LogP contribution in [0, 0.1) is 6.92 Å². The molecule has 0 atom stereocenters. The Morgan fingerprint density at radius 1 is 0.875 bits per heavy atom. The maximum Gasteiger partial charge on any atom is 0.162 e. The fourth-order valence-corrected chi connectivity index (χ4v) is 3.97. The molecule has 1 heteroatoms. The molecule has 2 aromatic rings. The Kier molecular flexibility index (Phi) is 3.55. The van der Waals surface area contributed by atoms with Crippen LogP contribution in [-0.2, 0) is 10.9 Å². The van der Waals surface area contributed by atoms with E-state index in [1.807, 2.05) is 0 Å². The van der Waals surface area contributed by atoms with Crippen LogP contribution in [0.5, 0.6) is 0 Å². The molecule has 0 aliphatic rings. The first-order valence-electron chi connectivity index (χ1n) is 5.93. The predicted molar refractivity (Wildman–Crippen MR) is 75.4 cm³/mol. The average molecular weight is 231 g/mol. The van der Waals surface area contributed by atoms with Crippen LogP contribution < -0.4 is 0 Å². The van der Waals surface area contributed by atoms with Gasteiger partial charge in [0.15, 0.2) is 4.90 Å². The Bertz CT molecular complexity index is 484. The van der Waals surface area contributed by atoms with E-state index in [0.717, 1.165) is 0 Å². The highest BCUT2D eigenvalue weighted by Crippen LogP contribution is 2.27. The fraction of sp³-hybridized carbons (Fsp3) is 0.333. The Hall–Kier alpha value is -0.950. The summed E-state index contributed by atoms with van der Waals surface area (Å²) in [6.45, 7) is 6.78. The third kappa shape index (κ3) is 1.97. The zero-order chi connectivity index (χ0) is 11.5. The molecule has 0 aromatic heterocycles. The normalized spacial score (nSPS) is 11.2. The van der Waals surface area contributed by atoms with Crippen molar-refractivity contribution in [1.82, 2.24) is 0 Å². The summed E-state index contributed by atoms with van der Waals surface area (Å²) in [5, 5.41) is 2.87. The van der Waals surface area contributed by atoms with Gasteiger partial charge in [0.1, 0.15) is 11.5 Å². The molecule has 84 valence electrons. The SMILES string of the molecule is CC[S+](CC)c1ccc(C)c2ccccc12. The lowest BCUT2D eigenvalue weighted by atomic mass is 10.1. The first-order chi connectivity index (χ1) is 7.77. The molecule has 2 aromatic carbocycles. The van der Waals surface area contributed by atoms with Gasteiger partial charge in [0.25, 0.3) is 0 Å². The van der Waals surface area contributed by atoms with E-state index in [1.54, 1.807) is 4.90 Å². The van der Waals surface area contributed by atoms with Gasteiger partial charge in [0, 0.05) is 16.3 Å². The lowest BCUT2D eigenvalue weighted by molar-refractivity contribution is 1.36. The number of benzene rings is 2. The molecule has 2 rings (SSSR count). The first-order valence-corrected chi connectivity index (χ1v) is 7.50. The molecule has 0 spiro atoms. The fourth-order valence-electron chi connectivity index (χ4n) is 2.19. The van der Waals surface area contributed by atoms with Gasteiger partial charge in [0.05, 0.1) is 0 Å². The molecule has 0 saturated carbocycles. The van der Waals surface area contributed by atoms with Crippen molar-refractivity contribution in [2.75, 3.05) is 11.5 Å². The van der Waals surface area contributed by atoms with Gasteiger partial charge in [0.2, 0.25) is 0 Å². The van der Waals surface area contributed by atoms with Crippen LogP contribution in [0.25, 0.3) is 10.8 Å². The lowest BCUT2D eigenvalue weighted by Crippen LogP contribution is -2.08. The minimum absolute atomic E-state index is 0.415. The van der Waals surface area contributed by atoms with Gasteiger partial charge in [-0.1, -0.05) is 24.3 Å². The van der Waals surface area contributed by atoms with Crippen molar-refractivity contribution in [3.8, 4) is 0 Å². The second kappa shape index (κ2) is 4.92. The second-order valence-electron chi connectivity index (χ2n) is 4.00. The van der Waals surface area contributed by atoms with Crippen molar-refractivity contribution < 1.29 is 0 Å². The molecule has 0 N–H and O–H groups in total. The minimum atomic E-state index is 0.415. The minimum Gasteiger partial charge on any atom is -0.0616 e. The third-order valence-corrected chi connectivity index (χ3v) is 5.48. The van der Waals surface area contributed by atoms with Crippen molar-refractivity contribution in [2.45, 2.75) is 25.7 Å². The molecule has 0 bridgehead atoms. The van der Waals surface area contributed by atoms with Crippen LogP contribution >= 0.6 is 0 Å². The zero-order valence-corrected chi connectivity index (χ0v) is 11.1. The highest BCUT2D eigenvalue weighted by Gasteiger charge is 2.19. The van der Waals surface area contributed by atoms with Gasteiger partial charge in [-0.2, -0.15) is 0 Å². The number of hydrogen-bond acceptors (Lipinski definition) is 0. The summed E-state index contributed by atoms with van der Waals surface area (Å²) in [6, 6.07) is 13.4. The Morgan fingerprint density at radius 2 is 1.50 bits per heavy atom. The van der Waals surface area contributed by atoms with E-state index in [-0.39, 0.29) is 0 Å². The van der Waals surface area contributed by atoms with Crippen LogP contribution in [0.2, 0.25) is 0 Å². The van der Waals surface area contributed by atoms with Crippen LogP contribution in [0.3, 0.4) is 0 Å². The molecular weight excluding hydrogens is 212 g/mol. The molecule has 0 amide bonds. The van der Waals surface area contributed by atoms with Gasteiger partial charge in [-0.25, -0.2) is 0 Å². The Balaban J connectivity index is 2.66. The van der Waals surface area contributed by atoms with E-state index in [4.69, 9.17) is 0 Å². The van der Waals surface area contributed by atoms with Crippen LogP contribution in [0.1, 0.15) is 19.4 Å². The number of hydrogen-bond donors (Lipinski definition) is 0. The van der Waals surface area contributed by atoms with Crippen molar-refractivity contribution >= 4 is 21.7 Å². The lowest BCUT2D eigenvalue weighted by Gasteiger charge is -2.08. The summed E-state index contributed by atoms with van der Waals surface area (Å²) >= 11 is 0. The Labute approximate surface area is 101 Å². The summed E-state index contributed by atoms with van der Waals surface area (Å²) in [5.74, 6) is 2.51. The van der Waals surface area contributed by atoms with Gasteiger partial charge >= 0.3 is 0 Å². The highest BCUT2D eigenvalue weighted by atomic mass is 32.2. The van der Waals surface area contributed by atoms with E-state index in [9.17, 15) is 0 Å². The quantitative estimate of drug-likeness (QED) is 0.696. The van der Waals surface area contributed by atoms with Crippen LogP contribution in [-0.4, -0.2) is 11.5 Å². The topological polar surface area (TPSA) is 0 Å². The number of fused-ring (bicyclic) bond motifs is 1. The Morgan fingerprint density at radius 3 is 2.12 bits per heavy atom. The van der Waals surface area contributed by atoms with E-state index < -0.39 is 0 Å². The average Bonchev–Trinajstić information content (AvgIpc) is 2.34. The summed E-state index contributed by atoms with van der Waals surface area (Å²) in [6.07, 6.45) is 0. The van der Waals surface area contributed by atoms with Crippen molar-refractivity contribution in [3.63, 3.8) is 0 Å². The smallest absolute Gasteiger partial charge is 0.0616 e. The molecule has 0 fully saturated rings. The van der Waals surface area contributed by atoms with E-state index in [1.165, 1.54) is 27.8 Å². The first kappa shape index (κ1) is 11.5. The van der Waals surface area contributed by atoms with Crippen molar-refractivity contribution in [3.05, 3.63) is 42.0 Å². The van der Waals surface area contributed by atoms with E-state index in [0.29, 0.717) is 10.9 Å². The van der Waals surface area contributed by atoms with Gasteiger partial charge < -0.3 is 0 Å². The molecule has 0 radical (unpaired) electrons. The van der Waals surface area contributed by atoms with Crippen molar-refractivity contribution in [2.24, 2.45) is 0 Å². The van der Waals surface area contributed by atoms with Gasteiger partial charge in [-0.3, -0.25) is 0 Å². The summed E-state index contributed by atoms with van der Waals surface area (Å²) in [5.41, 5.74) is 1.38. The molecule has 0 aliphatic carbocycles. The van der Waals surface area contributed by atoms with Gasteiger partial charge in [-0.15, -0.1) is 0 Å². The maximum absolute atomic E-state index is 2.33. The van der Waals surface area contributed by atoms with E-state index >= 15 is 0 Å². The molecule has 0 aliphatic heterocycles. The van der Waals surface area contributed by atoms with E-state index in [2.05, 4.69) is 57.2 Å². The molecular formula is C15H19S+. The monoisotopic (exact) mass is 231 g/mol. The second-order valence-corrected chi connectivity index (χ2v) is 6.58. The molecule has 0 heterocycles. The third-order valence-electron chi connectivity index (χ3n) is 3.11. The molecule has 0 saturated heterocycles. The summed E-state index contributed by atoms with van der Waals surface area (Å²) in [4.78, 5) is 1.55. The summed E-state index contributed by atoms with van der Waals surface area (Å²) in [7, 11) is 0.415. The standard InChI is InChI=1S/C15H19S/c1-4-16(5-2)15-11-10-12(3)13-8-6-7-9-14(13)15/h6-11H,4-5H2,1-3H3/q+1. The molecule has 0 nitrogen and oxygen atoms in total. The number of aryl methyl sites for hydroxylation is 1. The van der Waals surface area contributed by atoms with Crippen LogP contribution in [0.4, 0.5) is 0 Å². The molecule has 0 unspecified atom stereocenters. The van der Waals surface area contributed by atoms with Gasteiger partial charge in [-0.05, 0) is 43.9 Å². The zero-order valence-electron chi connectivity index (χ0n) is 10.3. The summed E-state index contributed by atoms with van der Waals surface area (Å²) < 4.78 is 0. The van der Waals surface area contributed by atoms with Crippen LogP contribution in [0.15, 0.2) is 41.3 Å². The maximum atomic E-state index is 2.33. The number of rotatable bonds is 3. The largest absolute Gasteiger partial charge is 0.162 e. The highest BCUT2D eigenvalue weighted by molar-refractivity contribution is 7.97. The predicted octanol–water partition coefficient (Wildman–Crippen LogP) is 4.17. The van der Waals surface area contributed by atoms with Crippen molar-refractivity contribution in [1.29, 1.82) is 0 Å². The molecule has 16 heavy (non-hydrogen) atoms.